The summed E-state index contributed by atoms with van der Waals surface area (Å²) < 4.78 is 7.87. The van der Waals surface area contributed by atoms with Crippen molar-refractivity contribution < 1.29 is 1.37 Å². The van der Waals surface area contributed by atoms with Crippen molar-refractivity contribution in [3.05, 3.63) is 0 Å². The zero-order valence-corrected chi connectivity index (χ0v) is 6.94. The molecule has 3 atom stereocenters. The summed E-state index contributed by atoms with van der Waals surface area (Å²) in [6, 6.07) is 0. The van der Waals surface area contributed by atoms with Crippen molar-refractivity contribution >= 4 is 0 Å². The highest BCUT2D eigenvalue weighted by molar-refractivity contribution is 4.85. The van der Waals surface area contributed by atoms with Gasteiger partial charge in [0.15, 0.2) is 0 Å². The number of rotatable bonds is 0. The molecule has 0 bridgehead atoms. The Morgan fingerprint density at radius 1 is 1.44 bits per heavy atom. The molecule has 1 aliphatic rings. The highest BCUT2D eigenvalue weighted by Gasteiger charge is 2.34. The maximum atomic E-state index is 7.87. The Kier molecular flexibility index (Phi) is 1.28. The van der Waals surface area contributed by atoms with Crippen molar-refractivity contribution in [1.29, 1.82) is 0 Å². The van der Waals surface area contributed by atoms with E-state index in [0.29, 0.717) is 5.92 Å². The lowest BCUT2D eigenvalue weighted by Crippen LogP contribution is -2.13. The second-order valence-corrected chi connectivity index (χ2v) is 4.10. The van der Waals surface area contributed by atoms with Crippen molar-refractivity contribution in [3.63, 3.8) is 0 Å². The molecule has 9 heavy (non-hydrogen) atoms. The molecule has 0 amide bonds. The first-order valence-corrected chi connectivity index (χ1v) is 3.88. The standard InChI is InChI=1S/C9H18/c1-7-5-8(2)9(3,4)6-7/h7-8H,5-6H2,1-4H3/i6T. The van der Waals surface area contributed by atoms with Crippen LogP contribution < -0.4 is 0 Å². The fourth-order valence-electron chi connectivity index (χ4n) is 1.83. The average Bonchev–Trinajstić information content (AvgIpc) is 1.97. The summed E-state index contributed by atoms with van der Waals surface area (Å²) in [7, 11) is 0. The van der Waals surface area contributed by atoms with E-state index in [2.05, 4.69) is 27.7 Å². The summed E-state index contributed by atoms with van der Waals surface area (Å²) in [4.78, 5) is 0. The quantitative estimate of drug-likeness (QED) is 0.470. The second kappa shape index (κ2) is 2.00. The largest absolute Gasteiger partial charge is 0.0625 e. The third kappa shape index (κ3) is 1.28. The van der Waals surface area contributed by atoms with Crippen molar-refractivity contribution in [2.75, 3.05) is 0 Å². The molecule has 0 N–H and O–H groups in total. The first-order valence-electron chi connectivity index (χ1n) is 4.46. The van der Waals surface area contributed by atoms with E-state index in [0.717, 1.165) is 5.92 Å². The second-order valence-electron chi connectivity index (χ2n) is 4.10. The summed E-state index contributed by atoms with van der Waals surface area (Å²) in [5.74, 6) is 1.33. The molecule has 0 nitrogen and oxygen atoms in total. The van der Waals surface area contributed by atoms with Crippen LogP contribution in [0.2, 0.25) is 0 Å². The molecule has 0 aromatic heterocycles. The van der Waals surface area contributed by atoms with Gasteiger partial charge in [-0.25, -0.2) is 0 Å². The van der Waals surface area contributed by atoms with E-state index in [1.165, 1.54) is 6.42 Å². The maximum Gasteiger partial charge on any atom is 0.0275 e. The Morgan fingerprint density at radius 2 is 2.00 bits per heavy atom. The summed E-state index contributed by atoms with van der Waals surface area (Å²) in [5.41, 5.74) is 0.249. The normalized spacial score (nSPS) is 51.1. The smallest absolute Gasteiger partial charge is 0.0275 e. The minimum Gasteiger partial charge on any atom is -0.0625 e. The van der Waals surface area contributed by atoms with Gasteiger partial charge in [0.25, 0.3) is 0 Å². The van der Waals surface area contributed by atoms with Gasteiger partial charge in [-0.05, 0) is 30.1 Å². The first-order chi connectivity index (χ1) is 4.46. The molecule has 3 unspecified atom stereocenters. The van der Waals surface area contributed by atoms with E-state index in [4.69, 9.17) is 1.37 Å². The Hall–Kier alpha value is 0. The zero-order valence-electron chi connectivity index (χ0n) is 7.94. The third-order valence-electron chi connectivity index (χ3n) is 2.71. The predicted molar refractivity (Wildman–Crippen MR) is 41.3 cm³/mol. The van der Waals surface area contributed by atoms with Crippen molar-refractivity contribution in [2.45, 2.75) is 40.5 Å². The van der Waals surface area contributed by atoms with Gasteiger partial charge >= 0.3 is 0 Å². The Labute approximate surface area is 60.1 Å². The molecule has 1 rings (SSSR count). The molecular formula is C9H18. The molecular weight excluding hydrogens is 108 g/mol. The molecule has 1 fully saturated rings. The lowest BCUT2D eigenvalue weighted by Gasteiger charge is -2.22. The minimum absolute atomic E-state index is 0.155. The molecule has 0 radical (unpaired) electrons. The van der Waals surface area contributed by atoms with Crippen molar-refractivity contribution in [3.8, 4) is 0 Å². The molecule has 1 saturated carbocycles. The van der Waals surface area contributed by atoms with Gasteiger partial charge in [-0.3, -0.25) is 0 Å². The van der Waals surface area contributed by atoms with E-state index in [9.17, 15) is 0 Å². The minimum atomic E-state index is 0.155. The van der Waals surface area contributed by atoms with Gasteiger partial charge in [-0.15, -0.1) is 0 Å². The van der Waals surface area contributed by atoms with Crippen LogP contribution in [0.5, 0.6) is 0 Å². The summed E-state index contributed by atoms with van der Waals surface area (Å²) in [5, 5.41) is 0. The lowest BCUT2D eigenvalue weighted by molar-refractivity contribution is 0.278. The highest BCUT2D eigenvalue weighted by Crippen LogP contribution is 2.45. The Balaban J connectivity index is 2.75. The molecule has 1 aliphatic carbocycles. The molecule has 0 spiro atoms. The summed E-state index contributed by atoms with van der Waals surface area (Å²) in [6.07, 6.45) is 1.39. The topological polar surface area (TPSA) is 0 Å². The third-order valence-corrected chi connectivity index (χ3v) is 2.71. The van der Waals surface area contributed by atoms with E-state index in [1.807, 2.05) is 0 Å². The fourth-order valence-corrected chi connectivity index (χ4v) is 1.83. The van der Waals surface area contributed by atoms with Crippen LogP contribution in [-0.4, -0.2) is 0 Å². The van der Waals surface area contributed by atoms with Crippen molar-refractivity contribution in [2.24, 2.45) is 17.3 Å². The van der Waals surface area contributed by atoms with Crippen molar-refractivity contribution in [1.82, 2.24) is 0 Å². The molecule has 0 aromatic rings. The van der Waals surface area contributed by atoms with E-state index >= 15 is 0 Å². The number of hydrogen-bond acceptors (Lipinski definition) is 0. The van der Waals surface area contributed by atoms with E-state index < -0.39 is 0 Å². The number of hydrogen-bond donors (Lipinski definition) is 0. The monoisotopic (exact) mass is 128 g/mol. The van der Waals surface area contributed by atoms with Gasteiger partial charge in [-0.1, -0.05) is 27.7 Å². The average molecular weight is 128 g/mol. The highest BCUT2D eigenvalue weighted by atomic mass is 14.4. The zero-order chi connectivity index (χ0) is 7.94. The van der Waals surface area contributed by atoms with Gasteiger partial charge in [0.05, 0.1) is 0 Å². The summed E-state index contributed by atoms with van der Waals surface area (Å²) in [6.45, 7) is 8.91. The fraction of sp³-hybridized carbons (Fsp3) is 1.00. The van der Waals surface area contributed by atoms with Gasteiger partial charge in [0, 0.05) is 1.37 Å². The first kappa shape index (κ1) is 5.76. The molecule has 0 heterocycles. The van der Waals surface area contributed by atoms with Crippen LogP contribution in [0.15, 0.2) is 0 Å². The molecule has 54 valence electrons. The van der Waals surface area contributed by atoms with Gasteiger partial charge in [0.2, 0.25) is 0 Å². The van der Waals surface area contributed by atoms with Gasteiger partial charge in [0.1, 0.15) is 0 Å². The van der Waals surface area contributed by atoms with Crippen LogP contribution in [0.25, 0.3) is 0 Å². The molecule has 0 heteroatoms. The lowest BCUT2D eigenvalue weighted by atomic mass is 9.83. The van der Waals surface area contributed by atoms with Crippen LogP contribution >= 0.6 is 0 Å². The molecule has 0 aromatic carbocycles. The Morgan fingerprint density at radius 3 is 2.11 bits per heavy atom. The van der Waals surface area contributed by atoms with Crippen LogP contribution in [0, 0.1) is 17.3 Å². The Bertz CT molecular complexity index is 129. The molecule has 0 saturated heterocycles. The van der Waals surface area contributed by atoms with Crippen LogP contribution in [0.1, 0.15) is 41.9 Å². The van der Waals surface area contributed by atoms with Crippen LogP contribution in [0.4, 0.5) is 0 Å². The van der Waals surface area contributed by atoms with Gasteiger partial charge < -0.3 is 0 Å². The van der Waals surface area contributed by atoms with Gasteiger partial charge in [-0.2, -0.15) is 0 Å². The summed E-state index contributed by atoms with van der Waals surface area (Å²) >= 11 is 0. The predicted octanol–water partition coefficient (Wildman–Crippen LogP) is 3.08. The SMILES string of the molecule is [3H]C1C(C)CC(C)C1(C)C. The van der Waals surface area contributed by atoms with E-state index in [-0.39, 0.29) is 11.8 Å². The maximum absolute atomic E-state index is 7.87. The van der Waals surface area contributed by atoms with E-state index in [1.54, 1.807) is 0 Å². The molecule has 0 aliphatic heterocycles. The van der Waals surface area contributed by atoms with Crippen LogP contribution in [0.3, 0.4) is 0 Å². The van der Waals surface area contributed by atoms with Crippen LogP contribution in [-0.2, 0) is 0 Å².